The van der Waals surface area contributed by atoms with Crippen molar-refractivity contribution < 1.29 is 9.66 Å². The van der Waals surface area contributed by atoms with Crippen molar-refractivity contribution in [2.45, 2.75) is 6.92 Å². The summed E-state index contributed by atoms with van der Waals surface area (Å²) in [5.41, 5.74) is 0.278. The Morgan fingerprint density at radius 3 is 2.55 bits per heavy atom. The molecule has 0 bridgehead atoms. The molecule has 20 heavy (non-hydrogen) atoms. The monoisotopic (exact) mass is 276 g/mol. The number of aryl methyl sites for hydroxylation is 1. The van der Waals surface area contributed by atoms with Crippen LogP contribution in [-0.4, -0.2) is 39.0 Å². The number of aromatic nitrogens is 4. The molecule has 0 saturated heterocycles. The van der Waals surface area contributed by atoms with Crippen LogP contribution in [0, 0.1) is 17.0 Å². The third kappa shape index (κ3) is 2.32. The molecule has 2 heterocycles. The van der Waals surface area contributed by atoms with Gasteiger partial charge >= 0.3 is 5.69 Å². The maximum atomic E-state index is 11.2. The summed E-state index contributed by atoms with van der Waals surface area (Å²) in [5, 5.41) is 14.0. The van der Waals surface area contributed by atoms with Gasteiger partial charge in [-0.3, -0.25) is 10.1 Å². The second kappa shape index (κ2) is 5.43. The van der Waals surface area contributed by atoms with Crippen LogP contribution in [0.15, 0.2) is 12.4 Å². The Balaban J connectivity index is 2.77. The summed E-state index contributed by atoms with van der Waals surface area (Å²) in [6.07, 6.45) is 2.85. The van der Waals surface area contributed by atoms with E-state index in [2.05, 4.69) is 25.3 Å². The first-order chi connectivity index (χ1) is 9.58. The van der Waals surface area contributed by atoms with Gasteiger partial charge in [0.05, 0.1) is 12.0 Å². The van der Waals surface area contributed by atoms with Gasteiger partial charge in [0.15, 0.2) is 11.4 Å². The quantitative estimate of drug-likeness (QED) is 0.654. The highest BCUT2D eigenvalue weighted by molar-refractivity contribution is 5.72. The zero-order chi connectivity index (χ0) is 14.7. The topological polar surface area (TPSA) is 116 Å². The van der Waals surface area contributed by atoms with Crippen LogP contribution < -0.4 is 10.1 Å². The predicted octanol–water partition coefficient (Wildman–Crippen LogP) is 1.20. The Morgan fingerprint density at radius 1 is 1.25 bits per heavy atom. The van der Waals surface area contributed by atoms with Gasteiger partial charge < -0.3 is 10.1 Å². The van der Waals surface area contributed by atoms with Crippen molar-refractivity contribution >= 4 is 11.6 Å². The molecule has 0 fully saturated rings. The third-order valence-corrected chi connectivity index (χ3v) is 2.55. The van der Waals surface area contributed by atoms with Crippen LogP contribution in [0.5, 0.6) is 5.88 Å². The second-order valence-corrected chi connectivity index (χ2v) is 3.75. The summed E-state index contributed by atoms with van der Waals surface area (Å²) < 4.78 is 5.07. The predicted molar refractivity (Wildman–Crippen MR) is 70.5 cm³/mol. The Labute approximate surface area is 114 Å². The van der Waals surface area contributed by atoms with Crippen LogP contribution in [0.1, 0.15) is 5.69 Å². The molecule has 0 amide bonds. The molecular weight excluding hydrogens is 264 g/mol. The second-order valence-electron chi connectivity index (χ2n) is 3.75. The first-order valence-electron chi connectivity index (χ1n) is 5.64. The Bertz CT molecular complexity index is 661. The van der Waals surface area contributed by atoms with Crippen LogP contribution in [0.2, 0.25) is 0 Å². The number of rotatable bonds is 4. The minimum atomic E-state index is -0.543. The summed E-state index contributed by atoms with van der Waals surface area (Å²) in [6, 6.07) is 0. The SMILES string of the molecule is CNc1nc(C)c([N+](=O)[O-])c(-c2nccnc2OC)n1. The van der Waals surface area contributed by atoms with E-state index in [1.54, 1.807) is 7.05 Å². The van der Waals surface area contributed by atoms with Gasteiger partial charge in [0.2, 0.25) is 11.8 Å². The molecule has 0 spiro atoms. The van der Waals surface area contributed by atoms with Crippen molar-refractivity contribution in [1.82, 2.24) is 19.9 Å². The lowest BCUT2D eigenvalue weighted by Crippen LogP contribution is -2.06. The Kier molecular flexibility index (Phi) is 3.69. The minimum absolute atomic E-state index is 0.0665. The van der Waals surface area contributed by atoms with E-state index in [1.807, 2.05) is 0 Å². The van der Waals surface area contributed by atoms with Gasteiger partial charge in [0.25, 0.3) is 0 Å². The molecule has 104 valence electrons. The first-order valence-corrected chi connectivity index (χ1v) is 5.64. The fourth-order valence-electron chi connectivity index (χ4n) is 1.70. The molecule has 0 unspecified atom stereocenters. The van der Waals surface area contributed by atoms with Gasteiger partial charge in [-0.2, -0.15) is 0 Å². The Hall–Kier alpha value is -2.84. The van der Waals surface area contributed by atoms with Gasteiger partial charge in [-0.25, -0.2) is 19.9 Å². The summed E-state index contributed by atoms with van der Waals surface area (Å²) in [5.74, 6) is 0.423. The molecule has 0 aliphatic heterocycles. The fourth-order valence-corrected chi connectivity index (χ4v) is 1.70. The summed E-state index contributed by atoms with van der Waals surface area (Å²) in [6.45, 7) is 1.53. The van der Waals surface area contributed by atoms with Gasteiger partial charge in [-0.05, 0) is 6.92 Å². The van der Waals surface area contributed by atoms with Crippen molar-refractivity contribution in [1.29, 1.82) is 0 Å². The van der Waals surface area contributed by atoms with Gasteiger partial charge in [-0.15, -0.1) is 0 Å². The zero-order valence-corrected chi connectivity index (χ0v) is 11.1. The molecule has 1 N–H and O–H groups in total. The summed E-state index contributed by atoms with van der Waals surface area (Å²) in [4.78, 5) is 26.8. The number of ether oxygens (including phenoxy) is 1. The largest absolute Gasteiger partial charge is 0.479 e. The number of nitrogens with zero attached hydrogens (tertiary/aromatic N) is 5. The highest BCUT2D eigenvalue weighted by Crippen LogP contribution is 2.33. The normalized spacial score (nSPS) is 10.2. The highest BCUT2D eigenvalue weighted by atomic mass is 16.6. The highest BCUT2D eigenvalue weighted by Gasteiger charge is 2.26. The van der Waals surface area contributed by atoms with Gasteiger partial charge in [0.1, 0.15) is 5.69 Å². The number of hydrogen-bond donors (Lipinski definition) is 1. The average molecular weight is 276 g/mol. The molecule has 0 aliphatic carbocycles. The lowest BCUT2D eigenvalue weighted by Gasteiger charge is -2.08. The summed E-state index contributed by atoms with van der Waals surface area (Å²) in [7, 11) is 3.03. The van der Waals surface area contributed by atoms with E-state index in [-0.39, 0.29) is 34.6 Å². The van der Waals surface area contributed by atoms with E-state index in [4.69, 9.17) is 4.74 Å². The van der Waals surface area contributed by atoms with Crippen LogP contribution in [-0.2, 0) is 0 Å². The molecule has 0 saturated carbocycles. The van der Waals surface area contributed by atoms with E-state index >= 15 is 0 Å². The molecule has 9 heteroatoms. The van der Waals surface area contributed by atoms with Crippen LogP contribution in [0.3, 0.4) is 0 Å². The van der Waals surface area contributed by atoms with Gasteiger partial charge in [0, 0.05) is 19.4 Å². The number of anilines is 1. The molecule has 9 nitrogen and oxygen atoms in total. The number of methoxy groups -OCH3 is 1. The fraction of sp³-hybridized carbons (Fsp3) is 0.273. The molecule has 2 rings (SSSR count). The minimum Gasteiger partial charge on any atom is -0.479 e. The summed E-state index contributed by atoms with van der Waals surface area (Å²) >= 11 is 0. The first kappa shape index (κ1) is 13.6. The molecule has 0 radical (unpaired) electrons. The lowest BCUT2D eigenvalue weighted by atomic mass is 10.2. The average Bonchev–Trinajstić information content (AvgIpc) is 2.45. The van der Waals surface area contributed by atoms with Crippen molar-refractivity contribution in [3.8, 4) is 17.3 Å². The molecule has 0 atom stereocenters. The van der Waals surface area contributed by atoms with Crippen LogP contribution in [0.25, 0.3) is 11.4 Å². The molecule has 2 aromatic rings. The lowest BCUT2D eigenvalue weighted by molar-refractivity contribution is -0.385. The van der Waals surface area contributed by atoms with E-state index in [9.17, 15) is 10.1 Å². The van der Waals surface area contributed by atoms with Crippen molar-refractivity contribution in [2.75, 3.05) is 19.5 Å². The van der Waals surface area contributed by atoms with E-state index in [0.29, 0.717) is 0 Å². The van der Waals surface area contributed by atoms with E-state index in [1.165, 1.54) is 26.4 Å². The Morgan fingerprint density at radius 2 is 1.95 bits per heavy atom. The van der Waals surface area contributed by atoms with Crippen LogP contribution in [0.4, 0.5) is 11.6 Å². The molecule has 0 aliphatic rings. The standard InChI is InChI=1S/C11H12N6O3/c1-6-9(17(18)19)7(16-11(12-2)15-6)8-10(20-3)14-5-4-13-8/h4-5H,1-3H3,(H,12,15,16). The third-order valence-electron chi connectivity index (χ3n) is 2.55. The number of hydrogen-bond acceptors (Lipinski definition) is 8. The van der Waals surface area contributed by atoms with E-state index in [0.717, 1.165) is 0 Å². The number of nitro groups is 1. The van der Waals surface area contributed by atoms with E-state index < -0.39 is 4.92 Å². The maximum absolute atomic E-state index is 11.2. The zero-order valence-electron chi connectivity index (χ0n) is 11.1. The van der Waals surface area contributed by atoms with Crippen LogP contribution >= 0.6 is 0 Å². The molecular formula is C11H12N6O3. The van der Waals surface area contributed by atoms with Crippen molar-refractivity contribution in [2.24, 2.45) is 0 Å². The smallest absolute Gasteiger partial charge is 0.318 e. The molecule has 0 aromatic carbocycles. The molecule has 2 aromatic heterocycles. The van der Waals surface area contributed by atoms with Crippen molar-refractivity contribution in [3.05, 3.63) is 28.2 Å². The van der Waals surface area contributed by atoms with Gasteiger partial charge in [-0.1, -0.05) is 0 Å². The number of nitrogens with one attached hydrogen (secondary N) is 1. The van der Waals surface area contributed by atoms with Crippen molar-refractivity contribution in [3.63, 3.8) is 0 Å². The maximum Gasteiger partial charge on any atom is 0.318 e.